The monoisotopic (exact) mass is 780 g/mol. The highest BCUT2D eigenvalue weighted by Crippen LogP contribution is 2.26. The van der Waals surface area contributed by atoms with E-state index in [4.69, 9.17) is 4.74 Å². The topological polar surface area (TPSA) is 66.4 Å². The number of hydrogen-bond acceptors (Lipinski definition) is 4. The zero-order valence-electron chi connectivity index (χ0n) is 38.3. The number of methoxy groups -OCH3 is 1. The van der Waals surface area contributed by atoms with Crippen molar-refractivity contribution in [3.8, 4) is 0 Å². The number of ether oxygens (including phenoxy) is 1. The van der Waals surface area contributed by atoms with E-state index in [9.17, 15) is 14.7 Å². The summed E-state index contributed by atoms with van der Waals surface area (Å²) in [6, 6.07) is 0. The zero-order valence-corrected chi connectivity index (χ0v) is 38.3. The van der Waals surface area contributed by atoms with Crippen LogP contribution in [0.15, 0.2) is 128 Å². The molecule has 0 radical (unpaired) electrons. The molecular weight excluding hydrogens is 701 g/mol. The fourth-order valence-corrected chi connectivity index (χ4v) is 6.76. The van der Waals surface area contributed by atoms with Crippen molar-refractivity contribution in [2.24, 2.45) is 0 Å². The number of allylic oxidation sites excluding steroid dienone is 20. The van der Waals surface area contributed by atoms with Crippen molar-refractivity contribution in [1.29, 1.82) is 0 Å². The number of rotatable bonds is 27. The van der Waals surface area contributed by atoms with Crippen molar-refractivity contribution in [1.82, 2.24) is 0 Å². The summed E-state index contributed by atoms with van der Waals surface area (Å²) < 4.78 is 4.92. The maximum Gasteiger partial charge on any atom is 0.223 e. The number of carbonyl (C=O) groups is 2. The average molecular weight is 780 g/mol. The first-order chi connectivity index (χ1) is 27.0. The van der Waals surface area contributed by atoms with Crippen LogP contribution in [0.4, 0.5) is 0 Å². The van der Waals surface area contributed by atoms with Gasteiger partial charge in [-0.2, -0.15) is 0 Å². The lowest BCUT2D eigenvalue weighted by molar-refractivity contribution is -0.301. The van der Waals surface area contributed by atoms with Crippen LogP contribution in [0.5, 0.6) is 0 Å². The number of hydrogen-bond donors (Lipinski definition) is 0. The highest BCUT2D eigenvalue weighted by Gasteiger charge is 2.28. The molecule has 1 aliphatic carbocycles. The summed E-state index contributed by atoms with van der Waals surface area (Å²) in [5.74, 6) is -2.35. The summed E-state index contributed by atoms with van der Waals surface area (Å²) in [6.07, 6.45) is 39.1. The molecule has 57 heavy (non-hydrogen) atoms. The van der Waals surface area contributed by atoms with Gasteiger partial charge in [-0.05, 0) is 191 Å². The molecule has 0 saturated carbocycles. The van der Waals surface area contributed by atoms with Gasteiger partial charge in [-0.1, -0.05) is 105 Å². The third-order valence-corrected chi connectivity index (χ3v) is 10.9. The van der Waals surface area contributed by atoms with Crippen molar-refractivity contribution in [3.05, 3.63) is 128 Å². The molecule has 0 bridgehead atoms. The molecule has 0 aromatic carbocycles. The Hall–Kier alpha value is -3.92. The third-order valence-electron chi connectivity index (χ3n) is 10.9. The Morgan fingerprint density at radius 2 is 0.702 bits per heavy atom. The second-order valence-electron chi connectivity index (χ2n) is 16.8. The Kier molecular flexibility index (Phi) is 26.3. The molecule has 0 saturated heterocycles. The van der Waals surface area contributed by atoms with Crippen LogP contribution in [-0.4, -0.2) is 18.7 Å². The van der Waals surface area contributed by atoms with Gasteiger partial charge in [-0.15, -0.1) is 0 Å². The molecule has 0 aliphatic heterocycles. The molecule has 0 heterocycles. The minimum absolute atomic E-state index is 0.226. The van der Waals surface area contributed by atoms with Gasteiger partial charge in [0.15, 0.2) is 11.5 Å². The van der Waals surface area contributed by atoms with Crippen molar-refractivity contribution in [2.45, 2.75) is 185 Å². The van der Waals surface area contributed by atoms with E-state index in [1.165, 1.54) is 64.5 Å². The molecule has 0 fully saturated rings. The predicted octanol–water partition coefficient (Wildman–Crippen LogP) is 14.8. The molecule has 1 aliphatic rings. The van der Waals surface area contributed by atoms with Crippen LogP contribution in [0.3, 0.4) is 0 Å². The van der Waals surface area contributed by atoms with E-state index in [2.05, 4.69) is 111 Å². The maximum atomic E-state index is 12.6. The molecular formula is C53H79O4-. The Morgan fingerprint density at radius 1 is 0.439 bits per heavy atom. The van der Waals surface area contributed by atoms with Gasteiger partial charge >= 0.3 is 0 Å². The fraction of sp³-hybridized carbons (Fsp3) is 0.547. The van der Waals surface area contributed by atoms with E-state index in [-0.39, 0.29) is 11.3 Å². The van der Waals surface area contributed by atoms with E-state index in [0.29, 0.717) is 12.0 Å². The van der Waals surface area contributed by atoms with E-state index in [1.807, 2.05) is 13.0 Å². The maximum absolute atomic E-state index is 12.6. The van der Waals surface area contributed by atoms with E-state index >= 15 is 0 Å². The first kappa shape index (κ1) is 51.1. The summed E-state index contributed by atoms with van der Waals surface area (Å²) in [7, 11) is 1.25. The van der Waals surface area contributed by atoms with Crippen molar-refractivity contribution >= 4 is 11.6 Å². The van der Waals surface area contributed by atoms with Crippen molar-refractivity contribution in [3.63, 3.8) is 0 Å². The molecule has 0 aromatic rings. The number of ketones is 2. The normalized spacial score (nSPS) is 16.0. The molecule has 0 N–H and O–H groups in total. The van der Waals surface area contributed by atoms with Gasteiger partial charge in [0.2, 0.25) is 5.78 Å². The van der Waals surface area contributed by atoms with Crippen LogP contribution in [0.2, 0.25) is 0 Å². The molecule has 0 aromatic heterocycles. The van der Waals surface area contributed by atoms with Gasteiger partial charge in [0.25, 0.3) is 0 Å². The Morgan fingerprint density at radius 3 is 0.965 bits per heavy atom. The highest BCUT2D eigenvalue weighted by molar-refractivity contribution is 6.23. The molecule has 4 nitrogen and oxygen atoms in total. The standard InChI is InChI=1S/C53H80O4/c1-39(2)21-13-22-40(3)23-14-24-41(4)25-15-26-42(5)27-16-28-43(6)29-17-30-44(7)31-18-32-45(8)33-19-34-46(9)35-20-36-47(10)37-38-49-48(11)50(54)52(56)53(57-12)51(49)55/h21,23,25,27,29,31,33,35,37,56H,13-20,22,24,26,28,30,32,34,36,38H2,1-12H3/p-1/b40-23+,41-25+,42-27+,43-29+,44-31+,45-33+,46-35+,47-37+. The quantitative estimate of drug-likeness (QED) is 0.0615. The van der Waals surface area contributed by atoms with Gasteiger partial charge in [0, 0.05) is 11.1 Å². The molecule has 0 unspecified atom stereocenters. The molecule has 4 heteroatoms. The van der Waals surface area contributed by atoms with Crippen molar-refractivity contribution in [2.75, 3.05) is 7.11 Å². The summed E-state index contributed by atoms with van der Waals surface area (Å²) in [6.45, 7) is 23.8. The SMILES string of the molecule is COC1=C([O-])C(=O)C(C)=C(C/C=C(\C)CC/C=C(\C)CC/C=C(\C)CC/C=C(\C)CC/C=C(\C)CC/C=C(\C)CC/C=C(\C)CC/C=C(\C)CCC=C(C)C)C1=O. The van der Waals surface area contributed by atoms with E-state index < -0.39 is 17.3 Å². The summed E-state index contributed by atoms with van der Waals surface area (Å²) in [5, 5.41) is 12.0. The highest BCUT2D eigenvalue weighted by atomic mass is 16.5. The lowest BCUT2D eigenvalue weighted by Crippen LogP contribution is -2.30. The van der Waals surface area contributed by atoms with Gasteiger partial charge in [0.1, 0.15) is 0 Å². The molecule has 0 spiro atoms. The zero-order chi connectivity index (χ0) is 42.8. The van der Waals surface area contributed by atoms with Crippen LogP contribution < -0.4 is 5.11 Å². The number of Topliss-reactive ketones (excluding diaryl/α,β-unsaturated/α-hetero) is 2. The molecule has 316 valence electrons. The van der Waals surface area contributed by atoms with Crippen LogP contribution in [0.1, 0.15) is 185 Å². The molecule has 1 rings (SSSR count). The predicted molar refractivity (Wildman–Crippen MR) is 245 cm³/mol. The Labute approximate surface area is 349 Å². The summed E-state index contributed by atoms with van der Waals surface area (Å²) >= 11 is 0. The van der Waals surface area contributed by atoms with Crippen molar-refractivity contribution < 1.29 is 19.4 Å². The van der Waals surface area contributed by atoms with Gasteiger partial charge < -0.3 is 9.84 Å². The van der Waals surface area contributed by atoms with Gasteiger partial charge in [0.05, 0.1) is 7.11 Å². The summed E-state index contributed by atoms with van der Waals surface area (Å²) in [4.78, 5) is 24.8. The third kappa shape index (κ3) is 23.2. The second kappa shape index (κ2) is 29.3. The Balaban J connectivity index is 2.31. The first-order valence-electron chi connectivity index (χ1n) is 21.7. The fourth-order valence-electron chi connectivity index (χ4n) is 6.76. The van der Waals surface area contributed by atoms with Crippen LogP contribution in [0, 0.1) is 0 Å². The molecule has 0 atom stereocenters. The van der Waals surface area contributed by atoms with Gasteiger partial charge in [-0.3, -0.25) is 9.59 Å². The van der Waals surface area contributed by atoms with Gasteiger partial charge in [-0.25, -0.2) is 0 Å². The summed E-state index contributed by atoms with van der Waals surface area (Å²) in [5.41, 5.74) is 13.5. The van der Waals surface area contributed by atoms with Crippen LogP contribution in [0.25, 0.3) is 0 Å². The second-order valence-corrected chi connectivity index (χ2v) is 16.8. The van der Waals surface area contributed by atoms with Crippen LogP contribution in [-0.2, 0) is 14.3 Å². The van der Waals surface area contributed by atoms with E-state index in [0.717, 1.165) is 95.5 Å². The minimum atomic E-state index is -0.850. The number of carbonyl (C=O) groups excluding carboxylic acids is 2. The Bertz CT molecular complexity index is 1660. The lowest BCUT2D eigenvalue weighted by Gasteiger charge is -2.23. The largest absolute Gasteiger partial charge is 0.867 e. The lowest BCUT2D eigenvalue weighted by atomic mass is 9.90. The average Bonchev–Trinajstić information content (AvgIpc) is 3.14. The smallest absolute Gasteiger partial charge is 0.223 e. The minimum Gasteiger partial charge on any atom is -0.867 e. The molecule has 0 amide bonds. The van der Waals surface area contributed by atoms with E-state index in [1.54, 1.807) is 6.92 Å². The van der Waals surface area contributed by atoms with Crippen LogP contribution >= 0.6 is 0 Å². The first-order valence-corrected chi connectivity index (χ1v) is 21.7.